The SMILES string of the molecule is COc1ccccc1C(=O)NC(=S)Nc1cccc(C(=O)NC(C)C)c1. The Hall–Kier alpha value is -2.93. The van der Waals surface area contributed by atoms with Crippen LogP contribution in [0.3, 0.4) is 0 Å². The van der Waals surface area contributed by atoms with Gasteiger partial charge in [-0.05, 0) is 56.4 Å². The summed E-state index contributed by atoms with van der Waals surface area (Å²) >= 11 is 5.19. The summed E-state index contributed by atoms with van der Waals surface area (Å²) in [5.74, 6) is -0.0959. The molecule has 0 bridgehead atoms. The molecule has 6 nitrogen and oxygen atoms in total. The van der Waals surface area contributed by atoms with Crippen LogP contribution in [0.1, 0.15) is 34.6 Å². The minimum Gasteiger partial charge on any atom is -0.496 e. The van der Waals surface area contributed by atoms with E-state index in [1.807, 2.05) is 13.8 Å². The Morgan fingerprint density at radius 2 is 1.77 bits per heavy atom. The largest absolute Gasteiger partial charge is 0.496 e. The van der Waals surface area contributed by atoms with Crippen molar-refractivity contribution in [2.75, 3.05) is 12.4 Å². The van der Waals surface area contributed by atoms with Gasteiger partial charge in [0.15, 0.2) is 5.11 Å². The van der Waals surface area contributed by atoms with Gasteiger partial charge in [0.2, 0.25) is 0 Å². The van der Waals surface area contributed by atoms with Gasteiger partial charge in [-0.3, -0.25) is 14.9 Å². The monoisotopic (exact) mass is 371 g/mol. The second kappa shape index (κ2) is 8.96. The average molecular weight is 371 g/mol. The van der Waals surface area contributed by atoms with Crippen LogP contribution in [0.15, 0.2) is 48.5 Å². The van der Waals surface area contributed by atoms with Crippen molar-refractivity contribution in [1.82, 2.24) is 10.6 Å². The second-order valence-corrected chi connectivity index (χ2v) is 6.23. The molecule has 0 radical (unpaired) electrons. The third-order valence-corrected chi connectivity index (χ3v) is 3.59. The van der Waals surface area contributed by atoms with Gasteiger partial charge in [0.05, 0.1) is 12.7 Å². The molecule has 0 unspecified atom stereocenters. The number of methoxy groups -OCH3 is 1. The summed E-state index contributed by atoms with van der Waals surface area (Å²) in [6.07, 6.45) is 0. The number of thiocarbonyl (C=S) groups is 1. The molecule has 7 heteroatoms. The molecule has 2 rings (SSSR count). The highest BCUT2D eigenvalue weighted by Gasteiger charge is 2.13. The van der Waals surface area contributed by atoms with Crippen LogP contribution in [0.25, 0.3) is 0 Å². The Labute approximate surface area is 157 Å². The minimum absolute atomic E-state index is 0.0420. The van der Waals surface area contributed by atoms with Crippen LogP contribution in [0.2, 0.25) is 0 Å². The molecule has 3 N–H and O–H groups in total. The van der Waals surface area contributed by atoms with Crippen molar-refractivity contribution in [3.8, 4) is 5.75 Å². The van der Waals surface area contributed by atoms with Crippen LogP contribution < -0.4 is 20.7 Å². The fourth-order valence-electron chi connectivity index (χ4n) is 2.25. The van der Waals surface area contributed by atoms with E-state index in [9.17, 15) is 9.59 Å². The van der Waals surface area contributed by atoms with Crippen LogP contribution in [0.5, 0.6) is 5.75 Å². The molecule has 2 amide bonds. The van der Waals surface area contributed by atoms with Crippen LogP contribution in [-0.4, -0.2) is 30.1 Å². The second-order valence-electron chi connectivity index (χ2n) is 5.82. The molecule has 26 heavy (non-hydrogen) atoms. The van der Waals surface area contributed by atoms with E-state index in [2.05, 4.69) is 16.0 Å². The first-order valence-corrected chi connectivity index (χ1v) is 8.48. The normalized spacial score (nSPS) is 10.2. The van der Waals surface area contributed by atoms with Crippen molar-refractivity contribution in [1.29, 1.82) is 0 Å². The van der Waals surface area contributed by atoms with Gasteiger partial charge in [0.1, 0.15) is 5.75 Å². The van der Waals surface area contributed by atoms with Crippen molar-refractivity contribution >= 4 is 34.8 Å². The van der Waals surface area contributed by atoms with Crippen LogP contribution in [-0.2, 0) is 0 Å². The predicted molar refractivity (Wildman–Crippen MR) is 106 cm³/mol. The predicted octanol–water partition coefficient (Wildman–Crippen LogP) is 2.96. The topological polar surface area (TPSA) is 79.5 Å². The summed E-state index contributed by atoms with van der Waals surface area (Å²) in [5, 5.41) is 8.46. The first-order valence-electron chi connectivity index (χ1n) is 8.07. The molecule has 2 aromatic carbocycles. The minimum atomic E-state index is -0.381. The number of hydrogen-bond acceptors (Lipinski definition) is 4. The lowest BCUT2D eigenvalue weighted by atomic mass is 10.1. The lowest BCUT2D eigenvalue weighted by Crippen LogP contribution is -2.34. The zero-order valence-corrected chi connectivity index (χ0v) is 15.6. The molecular formula is C19H21N3O3S. The average Bonchev–Trinajstić information content (AvgIpc) is 2.61. The molecule has 0 saturated carbocycles. The summed E-state index contributed by atoms with van der Waals surface area (Å²) in [6, 6.07) is 13.8. The maximum Gasteiger partial charge on any atom is 0.261 e. The Morgan fingerprint density at radius 3 is 2.46 bits per heavy atom. The van der Waals surface area contributed by atoms with Gasteiger partial charge in [-0.2, -0.15) is 0 Å². The van der Waals surface area contributed by atoms with E-state index in [1.165, 1.54) is 7.11 Å². The smallest absolute Gasteiger partial charge is 0.261 e. The van der Waals surface area contributed by atoms with E-state index in [0.29, 0.717) is 22.6 Å². The summed E-state index contributed by atoms with van der Waals surface area (Å²) in [5.41, 5.74) is 1.48. The summed E-state index contributed by atoms with van der Waals surface area (Å²) in [4.78, 5) is 24.4. The first-order chi connectivity index (χ1) is 12.4. The number of benzene rings is 2. The summed E-state index contributed by atoms with van der Waals surface area (Å²) < 4.78 is 5.17. The lowest BCUT2D eigenvalue weighted by molar-refractivity contribution is 0.0941. The van der Waals surface area contributed by atoms with Crippen molar-refractivity contribution in [2.45, 2.75) is 19.9 Å². The molecule has 0 saturated heterocycles. The number of hydrogen-bond donors (Lipinski definition) is 3. The number of anilines is 1. The van der Waals surface area contributed by atoms with Gasteiger partial charge in [0.25, 0.3) is 11.8 Å². The van der Waals surface area contributed by atoms with Gasteiger partial charge in [-0.15, -0.1) is 0 Å². The van der Waals surface area contributed by atoms with Crippen molar-refractivity contribution < 1.29 is 14.3 Å². The van der Waals surface area contributed by atoms with Gasteiger partial charge in [0, 0.05) is 17.3 Å². The van der Waals surface area contributed by atoms with Gasteiger partial charge in [-0.25, -0.2) is 0 Å². The standard InChI is InChI=1S/C19H21N3O3S/c1-12(2)20-17(23)13-7-6-8-14(11-13)21-19(26)22-18(24)15-9-4-5-10-16(15)25-3/h4-12H,1-3H3,(H,20,23)(H2,21,22,24,26). The van der Waals surface area contributed by atoms with Crippen LogP contribution >= 0.6 is 12.2 Å². The Kier molecular flexibility index (Phi) is 6.68. The molecule has 136 valence electrons. The number of ether oxygens (including phenoxy) is 1. The van der Waals surface area contributed by atoms with Crippen molar-refractivity contribution in [3.05, 3.63) is 59.7 Å². The Morgan fingerprint density at radius 1 is 1.04 bits per heavy atom. The third kappa shape index (κ3) is 5.29. The van der Waals surface area contributed by atoms with Crippen LogP contribution in [0, 0.1) is 0 Å². The fraction of sp³-hybridized carbons (Fsp3) is 0.211. The van der Waals surface area contributed by atoms with Crippen molar-refractivity contribution in [2.24, 2.45) is 0 Å². The van der Waals surface area contributed by atoms with E-state index in [-0.39, 0.29) is 23.0 Å². The third-order valence-electron chi connectivity index (χ3n) is 3.38. The van der Waals surface area contributed by atoms with E-state index in [1.54, 1.807) is 48.5 Å². The molecular weight excluding hydrogens is 350 g/mol. The Bertz CT molecular complexity index is 821. The van der Waals surface area contributed by atoms with Gasteiger partial charge < -0.3 is 15.4 Å². The van der Waals surface area contributed by atoms with E-state index in [0.717, 1.165) is 0 Å². The molecule has 0 aliphatic rings. The lowest BCUT2D eigenvalue weighted by Gasteiger charge is -2.13. The van der Waals surface area contributed by atoms with Crippen LogP contribution in [0.4, 0.5) is 5.69 Å². The molecule has 2 aromatic rings. The number of nitrogens with one attached hydrogen (secondary N) is 3. The highest BCUT2D eigenvalue weighted by molar-refractivity contribution is 7.80. The maximum absolute atomic E-state index is 12.3. The highest BCUT2D eigenvalue weighted by atomic mass is 32.1. The van der Waals surface area contributed by atoms with E-state index >= 15 is 0 Å². The fourth-order valence-corrected chi connectivity index (χ4v) is 2.46. The molecule has 0 fully saturated rings. The summed E-state index contributed by atoms with van der Waals surface area (Å²) in [7, 11) is 1.50. The highest BCUT2D eigenvalue weighted by Crippen LogP contribution is 2.17. The number of carbonyl (C=O) groups is 2. The number of carbonyl (C=O) groups excluding carboxylic acids is 2. The zero-order chi connectivity index (χ0) is 19.1. The quantitative estimate of drug-likeness (QED) is 0.704. The zero-order valence-electron chi connectivity index (χ0n) is 14.8. The van der Waals surface area contributed by atoms with Gasteiger partial charge in [-0.1, -0.05) is 18.2 Å². The molecule has 0 spiro atoms. The molecule has 0 aliphatic carbocycles. The molecule has 0 atom stereocenters. The number of amides is 2. The van der Waals surface area contributed by atoms with E-state index in [4.69, 9.17) is 17.0 Å². The van der Waals surface area contributed by atoms with E-state index < -0.39 is 0 Å². The molecule has 0 aliphatic heterocycles. The number of rotatable bonds is 5. The molecule has 0 aromatic heterocycles. The van der Waals surface area contributed by atoms with Crippen molar-refractivity contribution in [3.63, 3.8) is 0 Å². The number of para-hydroxylation sites is 1. The van der Waals surface area contributed by atoms with Gasteiger partial charge >= 0.3 is 0 Å². The first kappa shape index (κ1) is 19.4. The molecule has 0 heterocycles. The Balaban J connectivity index is 2.04. The summed E-state index contributed by atoms with van der Waals surface area (Å²) in [6.45, 7) is 3.78. The maximum atomic E-state index is 12.3.